The van der Waals surface area contributed by atoms with Crippen molar-refractivity contribution in [2.24, 2.45) is 0 Å². The lowest BCUT2D eigenvalue weighted by atomic mass is 10.1. The largest absolute Gasteiger partial charge is 0.443 e. The maximum atomic E-state index is 14.7. The number of hydrogen-bond donors (Lipinski definition) is 0. The second-order valence-electron chi connectivity index (χ2n) is 5.30. The van der Waals surface area contributed by atoms with E-state index in [4.69, 9.17) is 0 Å². The standard InChI is InChI=1S/C19H10F5I/c20-16(11-7-3-1-4-8-11)13-14(15(13)18(21)19(22,23)24)17(25)12-9-5-2-6-10-12/h1-10H/b16-13+,17-14?,18-15-. The molecule has 2 aromatic carbocycles. The minimum absolute atomic E-state index is 0.0389. The van der Waals surface area contributed by atoms with Crippen LogP contribution < -0.4 is 0 Å². The van der Waals surface area contributed by atoms with Crippen LogP contribution in [0.4, 0.5) is 22.0 Å². The molecule has 2 aromatic rings. The van der Waals surface area contributed by atoms with Gasteiger partial charge >= 0.3 is 6.18 Å². The van der Waals surface area contributed by atoms with Crippen LogP contribution in [0.1, 0.15) is 11.1 Å². The van der Waals surface area contributed by atoms with Gasteiger partial charge in [0, 0.05) is 25.9 Å². The van der Waals surface area contributed by atoms with Crippen molar-refractivity contribution in [3.63, 3.8) is 0 Å². The highest BCUT2D eigenvalue weighted by atomic mass is 127. The van der Waals surface area contributed by atoms with Gasteiger partial charge in [-0.05, 0) is 28.2 Å². The van der Waals surface area contributed by atoms with Crippen LogP contribution in [0.25, 0.3) is 9.41 Å². The Morgan fingerprint density at radius 2 is 1.16 bits per heavy atom. The van der Waals surface area contributed by atoms with Crippen molar-refractivity contribution in [1.82, 2.24) is 0 Å². The highest BCUT2D eigenvalue weighted by molar-refractivity contribution is 14.1. The molecule has 0 radical (unpaired) electrons. The molecule has 0 saturated heterocycles. The summed E-state index contributed by atoms with van der Waals surface area (Å²) in [6.07, 6.45) is -5.16. The Labute approximate surface area is 154 Å². The van der Waals surface area contributed by atoms with E-state index in [1.807, 2.05) is 22.6 Å². The quantitative estimate of drug-likeness (QED) is 0.334. The molecule has 128 valence electrons. The zero-order valence-corrected chi connectivity index (χ0v) is 14.7. The van der Waals surface area contributed by atoms with Gasteiger partial charge < -0.3 is 0 Å². The van der Waals surface area contributed by atoms with E-state index in [-0.39, 0.29) is 16.7 Å². The summed E-state index contributed by atoms with van der Waals surface area (Å²) in [6.45, 7) is 0. The van der Waals surface area contributed by atoms with E-state index in [0.717, 1.165) is 0 Å². The first kappa shape index (κ1) is 17.8. The van der Waals surface area contributed by atoms with E-state index >= 15 is 0 Å². The predicted molar refractivity (Wildman–Crippen MR) is 96.0 cm³/mol. The lowest BCUT2D eigenvalue weighted by Crippen LogP contribution is -2.07. The lowest BCUT2D eigenvalue weighted by molar-refractivity contribution is -0.109. The van der Waals surface area contributed by atoms with Crippen molar-refractivity contribution in [1.29, 1.82) is 0 Å². The van der Waals surface area contributed by atoms with Crippen molar-refractivity contribution in [2.75, 3.05) is 0 Å². The van der Waals surface area contributed by atoms with Gasteiger partial charge in [-0.3, -0.25) is 0 Å². The fraction of sp³-hybridized carbons (Fsp3) is 0.0526. The summed E-state index contributed by atoms with van der Waals surface area (Å²) in [7, 11) is 0. The summed E-state index contributed by atoms with van der Waals surface area (Å²) in [5.74, 6) is -3.14. The fourth-order valence-electron chi connectivity index (χ4n) is 2.45. The number of hydrogen-bond acceptors (Lipinski definition) is 0. The summed E-state index contributed by atoms with van der Waals surface area (Å²) in [4.78, 5) is 0. The summed E-state index contributed by atoms with van der Waals surface area (Å²) < 4.78 is 67.4. The lowest BCUT2D eigenvalue weighted by Gasteiger charge is -2.00. The van der Waals surface area contributed by atoms with Crippen LogP contribution >= 0.6 is 22.6 Å². The third-order valence-electron chi connectivity index (χ3n) is 3.65. The van der Waals surface area contributed by atoms with Crippen molar-refractivity contribution >= 4 is 32.0 Å². The molecule has 3 rings (SSSR count). The Hall–Kier alpha value is -1.96. The van der Waals surface area contributed by atoms with Gasteiger partial charge in [0.05, 0.1) is 0 Å². The molecule has 0 aromatic heterocycles. The molecule has 1 aliphatic rings. The Balaban J connectivity index is 2.23. The maximum Gasteiger partial charge on any atom is 0.443 e. The molecule has 0 spiro atoms. The minimum Gasteiger partial charge on any atom is -0.206 e. The van der Waals surface area contributed by atoms with Gasteiger partial charge in [-0.2, -0.15) is 13.2 Å². The van der Waals surface area contributed by atoms with E-state index in [2.05, 4.69) is 0 Å². The van der Waals surface area contributed by atoms with E-state index in [0.29, 0.717) is 9.14 Å². The first-order valence-electron chi connectivity index (χ1n) is 7.21. The number of rotatable bonds is 2. The number of halogens is 6. The van der Waals surface area contributed by atoms with E-state index in [1.165, 1.54) is 12.1 Å². The van der Waals surface area contributed by atoms with Crippen LogP contribution in [0, 0.1) is 0 Å². The van der Waals surface area contributed by atoms with Crippen LogP contribution in [0.3, 0.4) is 0 Å². The van der Waals surface area contributed by atoms with E-state index in [9.17, 15) is 22.0 Å². The molecule has 1 saturated carbocycles. The molecule has 1 aliphatic carbocycles. The smallest absolute Gasteiger partial charge is 0.206 e. The zero-order valence-electron chi connectivity index (χ0n) is 12.5. The van der Waals surface area contributed by atoms with Gasteiger partial charge in [-0.1, -0.05) is 60.7 Å². The van der Waals surface area contributed by atoms with Gasteiger partial charge in [-0.15, -0.1) is 0 Å². The van der Waals surface area contributed by atoms with Crippen LogP contribution in [0.5, 0.6) is 0 Å². The molecule has 0 aliphatic heterocycles. The molecular weight excluding hydrogens is 450 g/mol. The summed E-state index contributed by atoms with van der Waals surface area (Å²) >= 11 is 1.82. The van der Waals surface area contributed by atoms with E-state index < -0.39 is 23.4 Å². The number of alkyl halides is 3. The summed E-state index contributed by atoms with van der Waals surface area (Å²) in [5.41, 5.74) is -0.363. The van der Waals surface area contributed by atoms with Crippen LogP contribution in [-0.4, -0.2) is 6.18 Å². The molecule has 0 amide bonds. The second kappa shape index (κ2) is 6.74. The van der Waals surface area contributed by atoms with Crippen LogP contribution in [0.2, 0.25) is 0 Å². The van der Waals surface area contributed by atoms with Gasteiger partial charge in [0.1, 0.15) is 5.83 Å². The van der Waals surface area contributed by atoms with Crippen molar-refractivity contribution in [3.8, 4) is 0 Å². The first-order chi connectivity index (χ1) is 11.8. The SMILES string of the molecule is F/C(=C1\C(=C(I)c2ccccc2)\C1=C(/F)C(F)(F)F)c1ccccc1. The van der Waals surface area contributed by atoms with Gasteiger partial charge in [0.2, 0.25) is 5.83 Å². The number of benzene rings is 2. The molecular formula is C19H10F5I. The Bertz CT molecular complexity index is 827. The number of allylic oxidation sites excluding steroid dienone is 4. The zero-order chi connectivity index (χ0) is 18.2. The predicted octanol–water partition coefficient (Wildman–Crippen LogP) is 7.01. The Morgan fingerprint density at radius 3 is 1.64 bits per heavy atom. The molecule has 0 unspecified atom stereocenters. The summed E-state index contributed by atoms with van der Waals surface area (Å²) in [5, 5.41) is 0. The third kappa shape index (κ3) is 3.53. The van der Waals surface area contributed by atoms with E-state index in [1.54, 1.807) is 48.5 Å². The van der Waals surface area contributed by atoms with Crippen molar-refractivity contribution in [2.45, 2.75) is 6.18 Å². The van der Waals surface area contributed by atoms with Crippen LogP contribution in [0.15, 0.2) is 83.2 Å². The van der Waals surface area contributed by atoms with Gasteiger partial charge in [0.15, 0.2) is 0 Å². The topological polar surface area (TPSA) is 0 Å². The normalized spacial score (nSPS) is 20.2. The van der Waals surface area contributed by atoms with Gasteiger partial charge in [0.25, 0.3) is 0 Å². The maximum absolute atomic E-state index is 14.7. The molecule has 0 N–H and O–H groups in total. The average molecular weight is 460 g/mol. The fourth-order valence-corrected chi connectivity index (χ4v) is 3.34. The Morgan fingerprint density at radius 1 is 0.680 bits per heavy atom. The first-order valence-corrected chi connectivity index (χ1v) is 8.28. The Kier molecular flexibility index (Phi) is 4.81. The monoisotopic (exact) mass is 460 g/mol. The minimum atomic E-state index is -5.16. The molecule has 0 bridgehead atoms. The molecule has 6 heteroatoms. The average Bonchev–Trinajstić information content (AvgIpc) is 3.35. The molecule has 1 fully saturated rings. The van der Waals surface area contributed by atoms with Crippen molar-refractivity contribution in [3.05, 3.63) is 94.3 Å². The highest BCUT2D eigenvalue weighted by Gasteiger charge is 2.48. The molecule has 0 heterocycles. The van der Waals surface area contributed by atoms with Crippen molar-refractivity contribution < 1.29 is 22.0 Å². The summed E-state index contributed by atoms with van der Waals surface area (Å²) in [6, 6.07) is 16.1. The third-order valence-corrected chi connectivity index (χ3v) is 4.81. The molecule has 0 atom stereocenters. The van der Waals surface area contributed by atoms with Crippen LogP contribution in [-0.2, 0) is 0 Å². The highest BCUT2D eigenvalue weighted by Crippen LogP contribution is 2.58. The second-order valence-corrected chi connectivity index (χ2v) is 6.38. The molecule has 0 nitrogen and oxygen atoms in total. The molecule has 25 heavy (non-hydrogen) atoms. The van der Waals surface area contributed by atoms with Gasteiger partial charge in [-0.25, -0.2) is 8.78 Å².